The fourth-order valence-electron chi connectivity index (χ4n) is 1.77. The second-order valence-corrected chi connectivity index (χ2v) is 3.82. The molecule has 0 amide bonds. The van der Waals surface area contributed by atoms with Crippen molar-refractivity contribution < 1.29 is 9.84 Å². The van der Waals surface area contributed by atoms with Gasteiger partial charge in [0.1, 0.15) is 11.9 Å². The summed E-state index contributed by atoms with van der Waals surface area (Å²) in [6, 6.07) is 17.2. The maximum atomic E-state index is 10.2. The quantitative estimate of drug-likeness (QED) is 0.871. The van der Waals surface area contributed by atoms with Gasteiger partial charge in [0.05, 0.1) is 6.61 Å². The Labute approximate surface area is 101 Å². The first-order valence-electron chi connectivity index (χ1n) is 5.77. The molecule has 2 aromatic carbocycles. The third kappa shape index (κ3) is 2.86. The summed E-state index contributed by atoms with van der Waals surface area (Å²) < 4.78 is 5.42. The van der Waals surface area contributed by atoms with E-state index in [1.54, 1.807) is 0 Å². The molecule has 0 aliphatic rings. The Kier molecular flexibility index (Phi) is 3.78. The van der Waals surface area contributed by atoms with E-state index in [-0.39, 0.29) is 0 Å². The van der Waals surface area contributed by atoms with Gasteiger partial charge in [0.25, 0.3) is 0 Å². The number of aliphatic hydroxyl groups is 1. The van der Waals surface area contributed by atoms with Crippen molar-refractivity contribution in [2.45, 2.75) is 13.0 Å². The van der Waals surface area contributed by atoms with Gasteiger partial charge in [-0.05, 0) is 30.2 Å². The summed E-state index contributed by atoms with van der Waals surface area (Å²) in [6.07, 6.45) is -0.600. The van der Waals surface area contributed by atoms with E-state index in [0.29, 0.717) is 6.61 Å². The smallest absolute Gasteiger partial charge is 0.119 e. The van der Waals surface area contributed by atoms with Crippen molar-refractivity contribution in [3.8, 4) is 5.75 Å². The molecule has 0 heterocycles. The van der Waals surface area contributed by atoms with Crippen LogP contribution in [0.15, 0.2) is 54.6 Å². The largest absolute Gasteiger partial charge is 0.494 e. The van der Waals surface area contributed by atoms with Crippen molar-refractivity contribution in [1.82, 2.24) is 0 Å². The van der Waals surface area contributed by atoms with Crippen molar-refractivity contribution in [1.29, 1.82) is 0 Å². The van der Waals surface area contributed by atoms with E-state index in [0.717, 1.165) is 16.9 Å². The molecule has 88 valence electrons. The van der Waals surface area contributed by atoms with Crippen LogP contribution in [0.25, 0.3) is 0 Å². The Bertz CT molecular complexity index is 465. The highest BCUT2D eigenvalue weighted by Crippen LogP contribution is 2.24. The Morgan fingerprint density at radius 1 is 1.00 bits per heavy atom. The van der Waals surface area contributed by atoms with Gasteiger partial charge in [0, 0.05) is 0 Å². The molecule has 0 aliphatic carbocycles. The Balaban J connectivity index is 2.25. The van der Waals surface area contributed by atoms with Crippen LogP contribution in [0.2, 0.25) is 0 Å². The monoisotopic (exact) mass is 228 g/mol. The Morgan fingerprint density at radius 3 is 2.41 bits per heavy atom. The van der Waals surface area contributed by atoms with Crippen LogP contribution in [-0.4, -0.2) is 11.7 Å². The Morgan fingerprint density at radius 2 is 1.71 bits per heavy atom. The van der Waals surface area contributed by atoms with Crippen molar-refractivity contribution in [2.24, 2.45) is 0 Å². The molecule has 1 N–H and O–H groups in total. The minimum absolute atomic E-state index is 0.600. The number of hydrogen-bond acceptors (Lipinski definition) is 2. The molecule has 2 nitrogen and oxygen atoms in total. The lowest BCUT2D eigenvalue weighted by atomic mass is 10.0. The SMILES string of the molecule is CCOc1cccc(C(O)c2ccccc2)c1. The molecule has 0 bridgehead atoms. The molecule has 0 aromatic heterocycles. The van der Waals surface area contributed by atoms with Gasteiger partial charge >= 0.3 is 0 Å². The van der Waals surface area contributed by atoms with E-state index in [2.05, 4.69) is 0 Å². The third-order valence-electron chi connectivity index (χ3n) is 2.60. The van der Waals surface area contributed by atoms with Crippen LogP contribution in [0.1, 0.15) is 24.2 Å². The maximum absolute atomic E-state index is 10.2. The number of hydrogen-bond donors (Lipinski definition) is 1. The van der Waals surface area contributed by atoms with Gasteiger partial charge in [0.15, 0.2) is 0 Å². The molecule has 0 fully saturated rings. The summed E-state index contributed by atoms with van der Waals surface area (Å²) >= 11 is 0. The zero-order chi connectivity index (χ0) is 12.1. The van der Waals surface area contributed by atoms with Gasteiger partial charge in [-0.3, -0.25) is 0 Å². The average molecular weight is 228 g/mol. The second kappa shape index (κ2) is 5.51. The minimum atomic E-state index is -0.600. The minimum Gasteiger partial charge on any atom is -0.494 e. The number of benzene rings is 2. The maximum Gasteiger partial charge on any atom is 0.119 e. The lowest BCUT2D eigenvalue weighted by Crippen LogP contribution is -2.00. The van der Waals surface area contributed by atoms with Crippen molar-refractivity contribution in [3.63, 3.8) is 0 Å². The number of rotatable bonds is 4. The molecular formula is C15H16O2. The molecule has 1 atom stereocenters. The van der Waals surface area contributed by atoms with Crippen LogP contribution >= 0.6 is 0 Å². The summed E-state index contributed by atoms with van der Waals surface area (Å²) in [5.41, 5.74) is 1.74. The first-order valence-corrected chi connectivity index (χ1v) is 5.77. The zero-order valence-electron chi connectivity index (χ0n) is 9.84. The van der Waals surface area contributed by atoms with Gasteiger partial charge in [-0.2, -0.15) is 0 Å². The van der Waals surface area contributed by atoms with E-state index in [9.17, 15) is 5.11 Å². The molecule has 0 saturated heterocycles. The zero-order valence-corrected chi connectivity index (χ0v) is 9.84. The highest BCUT2D eigenvalue weighted by atomic mass is 16.5. The van der Waals surface area contributed by atoms with Crippen molar-refractivity contribution >= 4 is 0 Å². The highest BCUT2D eigenvalue weighted by molar-refractivity contribution is 5.35. The van der Waals surface area contributed by atoms with Crippen molar-refractivity contribution in [2.75, 3.05) is 6.61 Å². The number of ether oxygens (including phenoxy) is 1. The van der Waals surface area contributed by atoms with Crippen LogP contribution in [-0.2, 0) is 0 Å². The van der Waals surface area contributed by atoms with E-state index >= 15 is 0 Å². The summed E-state index contributed by atoms with van der Waals surface area (Å²) in [7, 11) is 0. The topological polar surface area (TPSA) is 29.5 Å². The average Bonchev–Trinajstić information content (AvgIpc) is 2.40. The molecular weight excluding hydrogens is 212 g/mol. The predicted octanol–water partition coefficient (Wildman–Crippen LogP) is 3.17. The van der Waals surface area contributed by atoms with Crippen molar-refractivity contribution in [3.05, 3.63) is 65.7 Å². The fourth-order valence-corrected chi connectivity index (χ4v) is 1.77. The molecule has 0 aliphatic heterocycles. The normalized spacial score (nSPS) is 12.1. The summed E-state index contributed by atoms with van der Waals surface area (Å²) in [5.74, 6) is 0.792. The first-order chi connectivity index (χ1) is 8.31. The molecule has 2 aromatic rings. The lowest BCUT2D eigenvalue weighted by molar-refractivity contribution is 0.219. The van der Waals surface area contributed by atoms with Gasteiger partial charge in [-0.25, -0.2) is 0 Å². The van der Waals surface area contributed by atoms with E-state index in [4.69, 9.17) is 4.74 Å². The molecule has 0 saturated carbocycles. The third-order valence-corrected chi connectivity index (χ3v) is 2.60. The van der Waals surface area contributed by atoms with E-state index in [1.165, 1.54) is 0 Å². The van der Waals surface area contributed by atoms with Gasteiger partial charge in [-0.15, -0.1) is 0 Å². The molecule has 0 radical (unpaired) electrons. The van der Waals surface area contributed by atoms with Crippen LogP contribution < -0.4 is 4.74 Å². The molecule has 2 rings (SSSR count). The summed E-state index contributed by atoms with van der Waals surface area (Å²) in [5, 5.41) is 10.2. The standard InChI is InChI=1S/C15H16O2/c1-2-17-14-10-6-9-13(11-14)15(16)12-7-4-3-5-8-12/h3-11,15-16H,2H2,1H3. The number of aliphatic hydroxyl groups excluding tert-OH is 1. The first kappa shape index (κ1) is 11.7. The van der Waals surface area contributed by atoms with E-state index in [1.807, 2.05) is 61.5 Å². The molecule has 1 unspecified atom stereocenters. The highest BCUT2D eigenvalue weighted by Gasteiger charge is 2.10. The summed E-state index contributed by atoms with van der Waals surface area (Å²) in [6.45, 7) is 2.57. The lowest BCUT2D eigenvalue weighted by Gasteiger charge is -2.12. The molecule has 0 spiro atoms. The molecule has 17 heavy (non-hydrogen) atoms. The van der Waals surface area contributed by atoms with Crippen LogP contribution in [0.3, 0.4) is 0 Å². The van der Waals surface area contributed by atoms with Gasteiger partial charge in [0.2, 0.25) is 0 Å². The van der Waals surface area contributed by atoms with Gasteiger partial charge < -0.3 is 9.84 Å². The van der Waals surface area contributed by atoms with Crippen LogP contribution in [0.5, 0.6) is 5.75 Å². The van der Waals surface area contributed by atoms with Crippen LogP contribution in [0.4, 0.5) is 0 Å². The fraction of sp³-hybridized carbons (Fsp3) is 0.200. The predicted molar refractivity (Wildman–Crippen MR) is 68.1 cm³/mol. The van der Waals surface area contributed by atoms with E-state index < -0.39 is 6.10 Å². The molecule has 2 heteroatoms. The van der Waals surface area contributed by atoms with Crippen LogP contribution in [0, 0.1) is 0 Å². The second-order valence-electron chi connectivity index (χ2n) is 3.82. The Hall–Kier alpha value is -1.80. The van der Waals surface area contributed by atoms with Gasteiger partial charge in [-0.1, -0.05) is 42.5 Å². The summed E-state index contributed by atoms with van der Waals surface area (Å²) in [4.78, 5) is 0.